The number of rotatable bonds is 6. The van der Waals surface area contributed by atoms with Gasteiger partial charge in [0.2, 0.25) is 0 Å². The molecule has 1 atom stereocenters. The molecule has 8 nitrogen and oxygen atoms in total. The normalized spacial score (nSPS) is 12.8. The summed E-state index contributed by atoms with van der Waals surface area (Å²) in [6, 6.07) is 6.77. The number of carbonyl (C=O) groups excluding carboxylic acids is 1. The molecule has 2 aromatic rings. The van der Waals surface area contributed by atoms with E-state index in [4.69, 9.17) is 9.84 Å². The third kappa shape index (κ3) is 4.80. The van der Waals surface area contributed by atoms with Gasteiger partial charge in [0.25, 0.3) is 0 Å². The van der Waals surface area contributed by atoms with Crippen molar-refractivity contribution in [2.45, 2.75) is 32.9 Å². The number of aromatic nitrogens is 1. The number of carbonyl (C=O) groups is 2. The molecule has 25 heavy (non-hydrogen) atoms. The number of hydrogen-bond donors (Lipinski definition) is 1. The molecule has 2 rings (SSSR count). The summed E-state index contributed by atoms with van der Waals surface area (Å²) in [5.41, 5.74) is 0.0281. The molecule has 0 aliphatic heterocycles. The van der Waals surface area contributed by atoms with Gasteiger partial charge in [-0.15, -0.1) is 0 Å². The fourth-order valence-corrected chi connectivity index (χ4v) is 2.93. The number of nitrogens with zero attached hydrogens (tertiary/aromatic N) is 2. The van der Waals surface area contributed by atoms with Crippen molar-refractivity contribution in [1.29, 1.82) is 0 Å². The van der Waals surface area contributed by atoms with Gasteiger partial charge in [-0.2, -0.15) is 0 Å². The monoisotopic (exact) mass is 367 g/mol. The third-order valence-electron chi connectivity index (χ3n) is 3.21. The molecule has 136 valence electrons. The van der Waals surface area contributed by atoms with Crippen LogP contribution in [0.3, 0.4) is 0 Å². The average molecular weight is 367 g/mol. The van der Waals surface area contributed by atoms with Gasteiger partial charge in [-0.25, -0.2) is 0 Å². The summed E-state index contributed by atoms with van der Waals surface area (Å²) in [5.74, 6) is -1.76. The van der Waals surface area contributed by atoms with Crippen LogP contribution in [0.1, 0.15) is 20.8 Å². The summed E-state index contributed by atoms with van der Waals surface area (Å²) >= 11 is -2.74. The van der Waals surface area contributed by atoms with Crippen LogP contribution in [0, 0.1) is 0 Å². The van der Waals surface area contributed by atoms with Crippen LogP contribution in [0.15, 0.2) is 30.5 Å². The van der Waals surface area contributed by atoms with Crippen molar-refractivity contribution < 1.29 is 28.2 Å². The maximum absolute atomic E-state index is 12.0. The van der Waals surface area contributed by atoms with E-state index in [1.165, 1.54) is 10.8 Å². The summed E-state index contributed by atoms with van der Waals surface area (Å²) in [4.78, 5) is 23.1. The third-order valence-corrected chi connectivity index (χ3v) is 3.90. The molecule has 1 aromatic carbocycles. The zero-order valence-corrected chi connectivity index (χ0v) is 14.9. The Hall–Kier alpha value is -2.39. The van der Waals surface area contributed by atoms with Gasteiger partial charge in [0.1, 0.15) is 18.7 Å². The lowest BCUT2D eigenvalue weighted by atomic mass is 10.2. The van der Waals surface area contributed by atoms with Gasteiger partial charge in [-0.1, -0.05) is 18.2 Å². The maximum atomic E-state index is 12.0. The fraction of sp³-hybridized carbons (Fsp3) is 0.375. The Labute approximate surface area is 147 Å². The van der Waals surface area contributed by atoms with E-state index in [9.17, 15) is 18.4 Å². The van der Waals surface area contributed by atoms with Crippen molar-refractivity contribution in [3.05, 3.63) is 30.5 Å². The Balaban J connectivity index is 2.43. The fourth-order valence-electron chi connectivity index (χ4n) is 2.41. The molecule has 0 aliphatic rings. The number of para-hydroxylation sites is 1. The minimum Gasteiger partial charge on any atom is -0.755 e. The van der Waals surface area contributed by atoms with E-state index in [0.717, 1.165) is 4.31 Å². The zero-order valence-electron chi connectivity index (χ0n) is 14.1. The molecule has 0 saturated carbocycles. The highest BCUT2D eigenvalue weighted by Gasteiger charge is 2.22. The van der Waals surface area contributed by atoms with Crippen molar-refractivity contribution in [1.82, 2.24) is 4.57 Å². The van der Waals surface area contributed by atoms with Crippen LogP contribution in [-0.4, -0.2) is 42.5 Å². The van der Waals surface area contributed by atoms with E-state index in [0.29, 0.717) is 10.9 Å². The number of esters is 1. The van der Waals surface area contributed by atoms with E-state index in [2.05, 4.69) is 0 Å². The standard InChI is InChI=1S/C16H20N2O6S/c1-16(2,3)24-15(21)10-18(25(22)23)13-8-17(9-14(19)20)12-7-5-4-6-11(12)13/h4-8H,9-10H2,1-3H3,(H,19,20)(H,22,23)/p-1. The maximum Gasteiger partial charge on any atom is 0.327 e. The lowest BCUT2D eigenvalue weighted by Gasteiger charge is -2.27. The van der Waals surface area contributed by atoms with Crippen LogP contribution in [0.5, 0.6) is 0 Å². The molecule has 9 heteroatoms. The highest BCUT2D eigenvalue weighted by Crippen LogP contribution is 2.30. The van der Waals surface area contributed by atoms with Crippen molar-refractivity contribution in [2.75, 3.05) is 10.8 Å². The second kappa shape index (κ2) is 7.24. The lowest BCUT2D eigenvalue weighted by Crippen LogP contribution is -2.36. The number of carboxylic acids is 1. The molecule has 0 spiro atoms. The lowest BCUT2D eigenvalue weighted by molar-refractivity contribution is -0.152. The van der Waals surface area contributed by atoms with E-state index < -0.39 is 35.4 Å². The first-order valence-electron chi connectivity index (χ1n) is 7.47. The quantitative estimate of drug-likeness (QED) is 0.614. The molecular weight excluding hydrogens is 348 g/mol. The number of anilines is 1. The summed E-state index contributed by atoms with van der Waals surface area (Å²) in [7, 11) is 0. The molecule has 1 unspecified atom stereocenters. The molecule has 0 amide bonds. The van der Waals surface area contributed by atoms with Crippen LogP contribution in [0.25, 0.3) is 10.9 Å². The predicted molar refractivity (Wildman–Crippen MR) is 91.7 cm³/mol. The molecule has 1 heterocycles. The molecule has 0 fully saturated rings. The van der Waals surface area contributed by atoms with Gasteiger partial charge in [0.15, 0.2) is 0 Å². The van der Waals surface area contributed by atoms with Gasteiger partial charge >= 0.3 is 11.9 Å². The van der Waals surface area contributed by atoms with Crippen molar-refractivity contribution in [2.24, 2.45) is 0 Å². The number of carboxylic acid groups (broad SMARTS) is 1. The van der Waals surface area contributed by atoms with Gasteiger partial charge in [-0.3, -0.25) is 18.1 Å². The Morgan fingerprint density at radius 1 is 1.32 bits per heavy atom. The van der Waals surface area contributed by atoms with E-state index in [-0.39, 0.29) is 12.2 Å². The summed E-state index contributed by atoms with van der Waals surface area (Å²) in [6.45, 7) is 4.22. The minimum atomic E-state index is -2.74. The highest BCUT2D eigenvalue weighted by molar-refractivity contribution is 7.80. The molecule has 0 radical (unpaired) electrons. The van der Waals surface area contributed by atoms with Gasteiger partial charge < -0.3 is 19.0 Å². The smallest absolute Gasteiger partial charge is 0.327 e. The minimum absolute atomic E-state index is 0.219. The Kier molecular flexibility index (Phi) is 5.48. The molecule has 0 saturated heterocycles. The molecular formula is C16H19N2O6S-. The van der Waals surface area contributed by atoms with Crippen LogP contribution in [0.2, 0.25) is 0 Å². The SMILES string of the molecule is CC(C)(C)OC(=O)CN(c1cn(CC(=O)O)c2ccccc12)S(=O)[O-]. The van der Waals surface area contributed by atoms with Gasteiger partial charge in [0.05, 0.1) is 11.2 Å². The Morgan fingerprint density at radius 2 is 1.96 bits per heavy atom. The van der Waals surface area contributed by atoms with Crippen molar-refractivity contribution in [3.63, 3.8) is 0 Å². The second-order valence-corrected chi connectivity index (χ2v) is 7.27. The number of fused-ring (bicyclic) bond motifs is 1. The van der Waals surface area contributed by atoms with Gasteiger partial charge in [0, 0.05) is 22.8 Å². The molecule has 1 N–H and O–H groups in total. The summed E-state index contributed by atoms with van der Waals surface area (Å²) < 4.78 is 30.8. The van der Waals surface area contributed by atoms with Crippen LogP contribution < -0.4 is 4.31 Å². The average Bonchev–Trinajstić information content (AvgIpc) is 2.81. The number of ether oxygens (including phenoxy) is 1. The first-order valence-corrected chi connectivity index (χ1v) is 8.50. The topological polar surface area (TPSA) is 112 Å². The highest BCUT2D eigenvalue weighted by atomic mass is 32.2. The van der Waals surface area contributed by atoms with E-state index in [1.54, 1.807) is 45.0 Å². The predicted octanol–water partition coefficient (Wildman–Crippen LogP) is 1.67. The van der Waals surface area contributed by atoms with Crippen molar-refractivity contribution >= 4 is 39.8 Å². The largest absolute Gasteiger partial charge is 0.755 e. The second-order valence-electron chi connectivity index (χ2n) is 6.39. The van der Waals surface area contributed by atoms with Gasteiger partial charge in [-0.05, 0) is 26.8 Å². The molecule has 0 aliphatic carbocycles. The van der Waals surface area contributed by atoms with Crippen LogP contribution in [0.4, 0.5) is 5.69 Å². The Morgan fingerprint density at radius 3 is 2.52 bits per heavy atom. The Bertz CT molecular complexity index is 824. The van der Waals surface area contributed by atoms with E-state index >= 15 is 0 Å². The van der Waals surface area contributed by atoms with E-state index in [1.807, 2.05) is 0 Å². The number of hydrogen-bond acceptors (Lipinski definition) is 5. The zero-order chi connectivity index (χ0) is 18.8. The summed E-state index contributed by atoms with van der Waals surface area (Å²) in [6.07, 6.45) is 1.40. The number of benzene rings is 1. The first-order chi connectivity index (χ1) is 11.6. The molecule has 0 bridgehead atoms. The molecule has 1 aromatic heterocycles. The summed E-state index contributed by atoms with van der Waals surface area (Å²) in [5, 5.41) is 9.55. The first kappa shape index (κ1) is 18.9. The van der Waals surface area contributed by atoms with Crippen LogP contribution >= 0.6 is 0 Å². The number of aliphatic carboxylic acids is 1. The van der Waals surface area contributed by atoms with Crippen LogP contribution in [-0.2, 0) is 32.1 Å². The van der Waals surface area contributed by atoms with Crippen molar-refractivity contribution in [3.8, 4) is 0 Å².